The molecular weight excluding hydrogens is 256 g/mol. The van der Waals surface area contributed by atoms with E-state index in [1.54, 1.807) is 18.0 Å². The number of thioether (sulfide) groups is 1. The van der Waals surface area contributed by atoms with Crippen LogP contribution in [0.1, 0.15) is 18.1 Å². The number of aromatic nitrogens is 2. The SMILES string of the molecule is CCn1cc(CC(=O)CSc2cccc(C)c2)cn1. The van der Waals surface area contributed by atoms with Gasteiger partial charge in [-0.15, -0.1) is 11.8 Å². The van der Waals surface area contributed by atoms with Gasteiger partial charge in [-0.05, 0) is 31.5 Å². The second-order valence-electron chi connectivity index (χ2n) is 4.52. The van der Waals surface area contributed by atoms with E-state index in [1.807, 2.05) is 29.9 Å². The molecule has 0 aliphatic rings. The van der Waals surface area contributed by atoms with Crippen LogP contribution in [-0.4, -0.2) is 21.3 Å². The number of hydrogen-bond donors (Lipinski definition) is 0. The molecule has 1 heterocycles. The Bertz CT molecular complexity index is 563. The first-order valence-corrected chi connectivity index (χ1v) is 7.38. The Kier molecular flexibility index (Phi) is 4.80. The number of hydrogen-bond acceptors (Lipinski definition) is 3. The maximum atomic E-state index is 11.9. The number of rotatable bonds is 6. The summed E-state index contributed by atoms with van der Waals surface area (Å²) in [6.07, 6.45) is 4.19. The molecule has 100 valence electrons. The van der Waals surface area contributed by atoms with E-state index in [1.165, 1.54) is 5.56 Å². The zero-order valence-corrected chi connectivity index (χ0v) is 12.1. The molecule has 0 bridgehead atoms. The molecule has 0 saturated heterocycles. The zero-order valence-electron chi connectivity index (χ0n) is 11.3. The van der Waals surface area contributed by atoms with Crippen LogP contribution in [0, 0.1) is 6.92 Å². The standard InChI is InChI=1S/C15H18N2OS/c1-3-17-10-13(9-16-17)8-14(18)11-19-15-6-4-5-12(2)7-15/h4-7,9-10H,3,8,11H2,1-2H3. The Hall–Kier alpha value is -1.55. The van der Waals surface area contributed by atoms with Crippen LogP contribution < -0.4 is 0 Å². The molecule has 3 nitrogen and oxygen atoms in total. The fourth-order valence-corrected chi connectivity index (χ4v) is 2.69. The predicted molar refractivity (Wildman–Crippen MR) is 78.5 cm³/mol. The highest BCUT2D eigenvalue weighted by Gasteiger charge is 2.07. The lowest BCUT2D eigenvalue weighted by atomic mass is 10.2. The lowest BCUT2D eigenvalue weighted by molar-refractivity contribution is -0.116. The number of aryl methyl sites for hydroxylation is 2. The molecule has 0 unspecified atom stereocenters. The Morgan fingerprint density at radius 3 is 2.95 bits per heavy atom. The van der Waals surface area contributed by atoms with E-state index in [0.717, 1.165) is 17.0 Å². The van der Waals surface area contributed by atoms with Crippen molar-refractivity contribution in [2.75, 3.05) is 5.75 Å². The van der Waals surface area contributed by atoms with Gasteiger partial charge in [0.2, 0.25) is 0 Å². The second kappa shape index (κ2) is 6.57. The minimum absolute atomic E-state index is 0.238. The number of carbonyl (C=O) groups excluding carboxylic acids is 1. The van der Waals surface area contributed by atoms with Crippen molar-refractivity contribution in [3.05, 3.63) is 47.8 Å². The van der Waals surface area contributed by atoms with E-state index in [2.05, 4.69) is 24.2 Å². The molecule has 0 radical (unpaired) electrons. The molecule has 0 aliphatic carbocycles. The van der Waals surface area contributed by atoms with Crippen LogP contribution in [-0.2, 0) is 17.8 Å². The van der Waals surface area contributed by atoms with Crippen LogP contribution in [0.3, 0.4) is 0 Å². The molecule has 1 aromatic carbocycles. The van der Waals surface area contributed by atoms with Crippen LogP contribution in [0.2, 0.25) is 0 Å². The number of carbonyl (C=O) groups is 1. The van der Waals surface area contributed by atoms with Gasteiger partial charge < -0.3 is 0 Å². The van der Waals surface area contributed by atoms with Crippen LogP contribution in [0.5, 0.6) is 0 Å². The molecule has 0 atom stereocenters. The van der Waals surface area contributed by atoms with Crippen molar-refractivity contribution < 1.29 is 4.79 Å². The van der Waals surface area contributed by atoms with Gasteiger partial charge in [0.15, 0.2) is 0 Å². The number of Topliss-reactive ketones (excluding diaryl/α,β-unsaturated/α-hetero) is 1. The highest BCUT2D eigenvalue weighted by Crippen LogP contribution is 2.19. The van der Waals surface area contributed by atoms with Gasteiger partial charge in [-0.1, -0.05) is 17.7 Å². The van der Waals surface area contributed by atoms with Crippen molar-refractivity contribution in [3.63, 3.8) is 0 Å². The summed E-state index contributed by atoms with van der Waals surface area (Å²) in [6.45, 7) is 4.93. The summed E-state index contributed by atoms with van der Waals surface area (Å²) in [7, 11) is 0. The molecule has 2 rings (SSSR count). The molecule has 1 aromatic heterocycles. The van der Waals surface area contributed by atoms with Crippen molar-refractivity contribution in [2.24, 2.45) is 0 Å². The maximum Gasteiger partial charge on any atom is 0.147 e. The fraction of sp³-hybridized carbons (Fsp3) is 0.333. The molecule has 0 aliphatic heterocycles. The van der Waals surface area contributed by atoms with Gasteiger partial charge in [0.05, 0.1) is 11.9 Å². The summed E-state index contributed by atoms with van der Waals surface area (Å²) < 4.78 is 1.84. The normalized spacial score (nSPS) is 10.6. The van der Waals surface area contributed by atoms with Gasteiger partial charge in [-0.25, -0.2) is 0 Å². The highest BCUT2D eigenvalue weighted by molar-refractivity contribution is 8.00. The van der Waals surface area contributed by atoms with Crippen molar-refractivity contribution in [1.82, 2.24) is 9.78 Å². The lowest BCUT2D eigenvalue weighted by Gasteiger charge is -2.01. The summed E-state index contributed by atoms with van der Waals surface area (Å²) in [5.41, 5.74) is 2.22. The molecule has 0 N–H and O–H groups in total. The number of nitrogens with zero attached hydrogens (tertiary/aromatic N) is 2. The van der Waals surface area contributed by atoms with E-state index in [9.17, 15) is 4.79 Å². The first kappa shape index (κ1) is 13.9. The number of ketones is 1. The fourth-order valence-electron chi connectivity index (χ4n) is 1.82. The Labute approximate surface area is 118 Å². The highest BCUT2D eigenvalue weighted by atomic mass is 32.2. The van der Waals surface area contributed by atoms with Gasteiger partial charge in [-0.2, -0.15) is 5.10 Å². The lowest BCUT2D eigenvalue weighted by Crippen LogP contribution is -2.05. The quantitative estimate of drug-likeness (QED) is 0.759. The molecule has 19 heavy (non-hydrogen) atoms. The zero-order chi connectivity index (χ0) is 13.7. The maximum absolute atomic E-state index is 11.9. The molecule has 2 aromatic rings. The van der Waals surface area contributed by atoms with Crippen molar-refractivity contribution in [1.29, 1.82) is 0 Å². The third kappa shape index (κ3) is 4.24. The van der Waals surface area contributed by atoms with Crippen molar-refractivity contribution >= 4 is 17.5 Å². The Morgan fingerprint density at radius 1 is 1.42 bits per heavy atom. The third-order valence-electron chi connectivity index (χ3n) is 2.80. The van der Waals surface area contributed by atoms with Crippen LogP contribution in [0.4, 0.5) is 0 Å². The minimum Gasteiger partial charge on any atom is -0.298 e. The van der Waals surface area contributed by atoms with Crippen molar-refractivity contribution in [3.8, 4) is 0 Å². The van der Waals surface area contributed by atoms with E-state index in [0.29, 0.717) is 12.2 Å². The van der Waals surface area contributed by atoms with Gasteiger partial charge >= 0.3 is 0 Å². The monoisotopic (exact) mass is 274 g/mol. The molecule has 4 heteroatoms. The molecule has 0 fully saturated rings. The van der Waals surface area contributed by atoms with Gasteiger partial charge in [-0.3, -0.25) is 9.48 Å². The Morgan fingerprint density at radius 2 is 2.26 bits per heavy atom. The van der Waals surface area contributed by atoms with Crippen LogP contribution >= 0.6 is 11.8 Å². The van der Waals surface area contributed by atoms with Gasteiger partial charge in [0.25, 0.3) is 0 Å². The molecule has 0 amide bonds. The summed E-state index contributed by atoms with van der Waals surface area (Å²) in [5, 5.41) is 4.18. The average molecular weight is 274 g/mol. The predicted octanol–water partition coefficient (Wildman–Crippen LogP) is 3.12. The first-order chi connectivity index (χ1) is 9.17. The van der Waals surface area contributed by atoms with Crippen molar-refractivity contribution in [2.45, 2.75) is 31.7 Å². The largest absolute Gasteiger partial charge is 0.298 e. The first-order valence-electron chi connectivity index (χ1n) is 6.40. The third-order valence-corrected chi connectivity index (χ3v) is 3.85. The van der Waals surface area contributed by atoms with Gasteiger partial charge in [0.1, 0.15) is 5.78 Å². The molecule has 0 spiro atoms. The van der Waals surface area contributed by atoms with Gasteiger partial charge in [0, 0.05) is 24.1 Å². The summed E-state index contributed by atoms with van der Waals surface area (Å²) in [5.74, 6) is 0.753. The second-order valence-corrected chi connectivity index (χ2v) is 5.57. The van der Waals surface area contributed by atoms with Crippen LogP contribution in [0.15, 0.2) is 41.6 Å². The summed E-state index contributed by atoms with van der Waals surface area (Å²) >= 11 is 1.60. The van der Waals surface area contributed by atoms with E-state index >= 15 is 0 Å². The summed E-state index contributed by atoms with van der Waals surface area (Å²) in [6, 6.07) is 8.23. The number of benzene rings is 1. The van der Waals surface area contributed by atoms with E-state index < -0.39 is 0 Å². The van der Waals surface area contributed by atoms with E-state index in [-0.39, 0.29) is 5.78 Å². The Balaban J connectivity index is 1.84. The molecule has 0 saturated carbocycles. The minimum atomic E-state index is 0.238. The van der Waals surface area contributed by atoms with Crippen LogP contribution in [0.25, 0.3) is 0 Å². The molecular formula is C15H18N2OS. The topological polar surface area (TPSA) is 34.9 Å². The average Bonchev–Trinajstić information content (AvgIpc) is 2.84. The van der Waals surface area contributed by atoms with E-state index in [4.69, 9.17) is 0 Å². The smallest absolute Gasteiger partial charge is 0.147 e. The summed E-state index contributed by atoms with van der Waals surface area (Å²) in [4.78, 5) is 13.1.